The van der Waals surface area contributed by atoms with Crippen LogP contribution in [0.5, 0.6) is 0 Å². The van der Waals surface area contributed by atoms with Crippen LogP contribution < -0.4 is 5.32 Å². The van der Waals surface area contributed by atoms with Gasteiger partial charge in [0.15, 0.2) is 6.04 Å². The van der Waals surface area contributed by atoms with Crippen LogP contribution in [-0.2, 0) is 0 Å². The van der Waals surface area contributed by atoms with E-state index in [0.717, 1.165) is 5.56 Å². The van der Waals surface area contributed by atoms with Gasteiger partial charge in [0.2, 0.25) is 0 Å². The number of hydrogen-bond donors (Lipinski definition) is 1. The molecule has 80 valence electrons. The number of halogens is 2. The molecule has 2 nitrogen and oxygen atoms in total. The van der Waals surface area contributed by atoms with Gasteiger partial charge in [-0.1, -0.05) is 30.3 Å². The molecule has 4 heteroatoms. The van der Waals surface area contributed by atoms with E-state index in [1.165, 1.54) is 0 Å². The summed E-state index contributed by atoms with van der Waals surface area (Å²) >= 11 is 0. The molecular weight excluding hydrogens is 198 g/mol. The van der Waals surface area contributed by atoms with Crippen LogP contribution in [0.3, 0.4) is 0 Å². The summed E-state index contributed by atoms with van der Waals surface area (Å²) in [5.41, 5.74) is 0.887. The quantitative estimate of drug-likeness (QED) is 0.828. The first kappa shape index (κ1) is 11.6. The first-order chi connectivity index (χ1) is 7.15. The summed E-state index contributed by atoms with van der Waals surface area (Å²) < 4.78 is 24.6. The van der Waals surface area contributed by atoms with Gasteiger partial charge < -0.3 is 0 Å². The fraction of sp³-hybridized carbons (Fsp3) is 0.364. The number of rotatable bonds is 4. The third-order valence-electron chi connectivity index (χ3n) is 2.12. The predicted octanol–water partition coefficient (Wildman–Crippen LogP) is 2.49. The first-order valence-electron chi connectivity index (χ1n) is 4.64. The Morgan fingerprint density at radius 3 is 2.33 bits per heavy atom. The maximum absolute atomic E-state index is 12.3. The van der Waals surface area contributed by atoms with E-state index in [2.05, 4.69) is 5.32 Å². The second-order valence-electron chi connectivity index (χ2n) is 3.24. The predicted molar refractivity (Wildman–Crippen MR) is 53.4 cm³/mol. The number of alkyl halides is 2. The molecule has 1 aromatic rings. The lowest BCUT2D eigenvalue weighted by Crippen LogP contribution is -2.36. The van der Waals surface area contributed by atoms with E-state index < -0.39 is 12.5 Å². The Balaban J connectivity index is 2.64. The van der Waals surface area contributed by atoms with E-state index in [9.17, 15) is 8.78 Å². The molecule has 0 aliphatic carbocycles. The molecule has 0 fully saturated rings. The fourth-order valence-corrected chi connectivity index (χ4v) is 1.27. The van der Waals surface area contributed by atoms with Crippen molar-refractivity contribution in [3.05, 3.63) is 35.9 Å². The van der Waals surface area contributed by atoms with Gasteiger partial charge in [0.25, 0.3) is 6.43 Å². The van der Waals surface area contributed by atoms with Crippen molar-refractivity contribution in [1.82, 2.24) is 5.32 Å². The highest BCUT2D eigenvalue weighted by Gasteiger charge is 2.21. The van der Waals surface area contributed by atoms with Gasteiger partial charge in [-0.3, -0.25) is 5.32 Å². The summed E-state index contributed by atoms with van der Waals surface area (Å²) in [6, 6.07) is 9.04. The Labute approximate surface area is 87.5 Å². The van der Waals surface area contributed by atoms with E-state index in [4.69, 9.17) is 5.26 Å². The van der Waals surface area contributed by atoms with E-state index in [1.54, 1.807) is 13.0 Å². The van der Waals surface area contributed by atoms with Crippen molar-refractivity contribution in [3.8, 4) is 6.07 Å². The molecule has 1 rings (SSSR count). The standard InChI is InChI=1S/C11H12F2N2/c1-8(9-5-3-2-4-6-9)15-10(7-14)11(12)13/h2-6,8,10-11,15H,1H3/t8-,10-/m1/s1. The van der Waals surface area contributed by atoms with Crippen LogP contribution in [0.15, 0.2) is 30.3 Å². The molecule has 15 heavy (non-hydrogen) atoms. The smallest absolute Gasteiger partial charge is 0.266 e. The van der Waals surface area contributed by atoms with Gasteiger partial charge in [0.1, 0.15) is 0 Å². The largest absolute Gasteiger partial charge is 0.291 e. The lowest BCUT2D eigenvalue weighted by molar-refractivity contribution is 0.116. The highest BCUT2D eigenvalue weighted by Crippen LogP contribution is 2.13. The number of nitrogens with one attached hydrogen (secondary N) is 1. The van der Waals surface area contributed by atoms with Gasteiger partial charge in [0.05, 0.1) is 6.07 Å². The van der Waals surface area contributed by atoms with Gasteiger partial charge in [-0.05, 0) is 12.5 Å². The Morgan fingerprint density at radius 2 is 1.87 bits per heavy atom. The molecule has 0 aromatic heterocycles. The highest BCUT2D eigenvalue weighted by molar-refractivity contribution is 5.18. The van der Waals surface area contributed by atoms with E-state index in [-0.39, 0.29) is 6.04 Å². The van der Waals surface area contributed by atoms with Crippen molar-refractivity contribution in [3.63, 3.8) is 0 Å². The van der Waals surface area contributed by atoms with E-state index in [1.807, 2.05) is 30.3 Å². The Morgan fingerprint density at radius 1 is 1.27 bits per heavy atom. The number of hydrogen-bond acceptors (Lipinski definition) is 2. The van der Waals surface area contributed by atoms with Crippen molar-refractivity contribution >= 4 is 0 Å². The van der Waals surface area contributed by atoms with Crippen molar-refractivity contribution in [1.29, 1.82) is 5.26 Å². The SMILES string of the molecule is C[C@@H](N[C@H](C#N)C(F)F)c1ccccc1. The van der Waals surface area contributed by atoms with Gasteiger partial charge in [-0.15, -0.1) is 0 Å². The van der Waals surface area contributed by atoms with Crippen LogP contribution in [0.1, 0.15) is 18.5 Å². The third kappa shape index (κ3) is 3.30. The van der Waals surface area contributed by atoms with Gasteiger partial charge in [-0.2, -0.15) is 5.26 Å². The molecule has 0 unspecified atom stereocenters. The molecule has 0 bridgehead atoms. The van der Waals surface area contributed by atoms with Crippen LogP contribution in [-0.4, -0.2) is 12.5 Å². The van der Waals surface area contributed by atoms with Crippen LogP contribution in [0.2, 0.25) is 0 Å². The van der Waals surface area contributed by atoms with Crippen molar-refractivity contribution in [2.75, 3.05) is 0 Å². The minimum absolute atomic E-state index is 0.259. The minimum Gasteiger partial charge on any atom is -0.291 e. The van der Waals surface area contributed by atoms with Gasteiger partial charge >= 0.3 is 0 Å². The normalized spacial score (nSPS) is 14.6. The summed E-state index contributed by atoms with van der Waals surface area (Å²) in [7, 11) is 0. The lowest BCUT2D eigenvalue weighted by Gasteiger charge is -2.17. The first-order valence-corrected chi connectivity index (χ1v) is 4.64. The van der Waals surface area contributed by atoms with Gasteiger partial charge in [0, 0.05) is 6.04 Å². The highest BCUT2D eigenvalue weighted by atomic mass is 19.3. The van der Waals surface area contributed by atoms with Crippen molar-refractivity contribution in [2.45, 2.75) is 25.4 Å². The average Bonchev–Trinajstić information content (AvgIpc) is 2.26. The fourth-order valence-electron chi connectivity index (χ4n) is 1.27. The molecule has 1 N–H and O–H groups in total. The Hall–Kier alpha value is -1.47. The monoisotopic (exact) mass is 210 g/mol. The molecule has 2 atom stereocenters. The molecule has 0 heterocycles. The molecule has 0 aliphatic rings. The molecule has 1 aromatic carbocycles. The van der Waals surface area contributed by atoms with Crippen LogP contribution in [0, 0.1) is 11.3 Å². The molecular formula is C11H12F2N2. The Kier molecular flexibility index (Phi) is 4.19. The van der Waals surface area contributed by atoms with Crippen molar-refractivity contribution < 1.29 is 8.78 Å². The van der Waals surface area contributed by atoms with E-state index in [0.29, 0.717) is 0 Å². The maximum Gasteiger partial charge on any atom is 0.266 e. The second-order valence-corrected chi connectivity index (χ2v) is 3.24. The van der Waals surface area contributed by atoms with E-state index >= 15 is 0 Å². The summed E-state index contributed by atoms with van der Waals surface area (Å²) in [6.07, 6.45) is -2.67. The topological polar surface area (TPSA) is 35.8 Å². The summed E-state index contributed by atoms with van der Waals surface area (Å²) in [5.74, 6) is 0. The van der Waals surface area contributed by atoms with Crippen molar-refractivity contribution in [2.24, 2.45) is 0 Å². The second kappa shape index (κ2) is 5.42. The van der Waals surface area contributed by atoms with Crippen LogP contribution >= 0.6 is 0 Å². The molecule has 0 radical (unpaired) electrons. The summed E-state index contributed by atoms with van der Waals surface area (Å²) in [6.45, 7) is 1.75. The average molecular weight is 210 g/mol. The summed E-state index contributed by atoms with van der Waals surface area (Å²) in [4.78, 5) is 0. The molecule has 0 amide bonds. The Bertz CT molecular complexity index is 332. The zero-order valence-corrected chi connectivity index (χ0v) is 8.32. The lowest BCUT2D eigenvalue weighted by atomic mass is 10.1. The molecule has 0 saturated carbocycles. The van der Waals surface area contributed by atoms with Gasteiger partial charge in [-0.25, -0.2) is 8.78 Å². The van der Waals surface area contributed by atoms with Crippen LogP contribution in [0.4, 0.5) is 8.78 Å². The number of nitriles is 1. The number of benzene rings is 1. The molecule has 0 saturated heterocycles. The summed E-state index contributed by atoms with van der Waals surface area (Å²) in [5, 5.41) is 11.1. The van der Waals surface area contributed by atoms with Crippen LogP contribution in [0.25, 0.3) is 0 Å². The zero-order chi connectivity index (χ0) is 11.3. The zero-order valence-electron chi connectivity index (χ0n) is 8.32. The number of nitrogens with zero attached hydrogens (tertiary/aromatic N) is 1. The maximum atomic E-state index is 12.3. The molecule has 0 spiro atoms. The third-order valence-corrected chi connectivity index (χ3v) is 2.12. The minimum atomic E-state index is -2.67. The molecule has 0 aliphatic heterocycles.